The van der Waals surface area contributed by atoms with E-state index in [1.165, 1.54) is 45.2 Å². The summed E-state index contributed by atoms with van der Waals surface area (Å²) in [5, 5.41) is 7.05. The van der Waals surface area contributed by atoms with Crippen molar-refractivity contribution in [3.05, 3.63) is 0 Å². The van der Waals surface area contributed by atoms with Gasteiger partial charge in [-0.2, -0.15) is 0 Å². The molecule has 3 fully saturated rings. The second kappa shape index (κ2) is 13.2. The predicted octanol–water partition coefficient (Wildman–Crippen LogP) is 2.76. The highest BCUT2D eigenvalue weighted by Gasteiger charge is 2.30. The summed E-state index contributed by atoms with van der Waals surface area (Å²) >= 11 is 0. The lowest BCUT2D eigenvalue weighted by atomic mass is 10.1. The van der Waals surface area contributed by atoms with Crippen LogP contribution >= 0.6 is 24.0 Å². The maximum Gasteiger partial charge on any atom is 0.191 e. The van der Waals surface area contributed by atoms with Crippen LogP contribution in [0.2, 0.25) is 0 Å². The number of aliphatic imine (C=N–C) groups is 1. The Morgan fingerprint density at radius 2 is 1.93 bits per heavy atom. The highest BCUT2D eigenvalue weighted by Crippen LogP contribution is 2.26. The molecule has 27 heavy (non-hydrogen) atoms. The van der Waals surface area contributed by atoms with E-state index in [-0.39, 0.29) is 24.0 Å². The van der Waals surface area contributed by atoms with E-state index in [9.17, 15) is 0 Å². The summed E-state index contributed by atoms with van der Waals surface area (Å²) in [6.07, 6.45) is 10.3. The van der Waals surface area contributed by atoms with Crippen LogP contribution in [-0.2, 0) is 9.47 Å². The minimum Gasteiger partial charge on any atom is -0.381 e. The van der Waals surface area contributed by atoms with Gasteiger partial charge in [0.25, 0.3) is 0 Å². The second-order valence-electron chi connectivity index (χ2n) is 7.86. The highest BCUT2D eigenvalue weighted by molar-refractivity contribution is 14.0. The Balaban J connectivity index is 0.00000261. The van der Waals surface area contributed by atoms with Crippen molar-refractivity contribution >= 4 is 29.9 Å². The summed E-state index contributed by atoms with van der Waals surface area (Å²) in [7, 11) is 0. The number of hydrogen-bond acceptors (Lipinski definition) is 4. The molecule has 3 rings (SSSR count). The molecule has 0 aromatic heterocycles. The minimum atomic E-state index is 0. The molecule has 0 bridgehead atoms. The van der Waals surface area contributed by atoms with Crippen molar-refractivity contribution in [1.29, 1.82) is 0 Å². The Kier molecular flexibility index (Phi) is 11.3. The van der Waals surface area contributed by atoms with Gasteiger partial charge in [0.1, 0.15) is 0 Å². The van der Waals surface area contributed by atoms with E-state index >= 15 is 0 Å². The summed E-state index contributed by atoms with van der Waals surface area (Å²) in [5.41, 5.74) is 0. The number of nitrogens with zero attached hydrogens (tertiary/aromatic N) is 2. The lowest BCUT2D eigenvalue weighted by Crippen LogP contribution is -2.45. The molecule has 2 heterocycles. The zero-order valence-electron chi connectivity index (χ0n) is 17.0. The Hall–Kier alpha value is -0.120. The Morgan fingerprint density at radius 1 is 1.15 bits per heavy atom. The van der Waals surface area contributed by atoms with Crippen LogP contribution in [0.5, 0.6) is 0 Å². The summed E-state index contributed by atoms with van der Waals surface area (Å²) < 4.78 is 11.3. The summed E-state index contributed by atoms with van der Waals surface area (Å²) in [4.78, 5) is 7.44. The first-order chi connectivity index (χ1) is 12.8. The fraction of sp³-hybridized carbons (Fsp3) is 0.950. The molecule has 2 aliphatic heterocycles. The third kappa shape index (κ3) is 8.03. The molecule has 1 aliphatic carbocycles. The number of guanidine groups is 1. The standard InChI is InChI=1S/C20H38N4O2.HI/c1-2-21-20(22-11-5-13-26-19-9-14-25-15-10-19)23-17-8-12-24(16-17)18-6-3-4-7-18;/h17-19H,2-16H2,1H3,(H2,21,22,23);1H. The lowest BCUT2D eigenvalue weighted by Gasteiger charge is -2.24. The van der Waals surface area contributed by atoms with Gasteiger partial charge in [0.2, 0.25) is 0 Å². The molecule has 2 saturated heterocycles. The third-order valence-electron chi connectivity index (χ3n) is 5.84. The van der Waals surface area contributed by atoms with Crippen molar-refractivity contribution in [3.63, 3.8) is 0 Å². The fourth-order valence-electron chi connectivity index (χ4n) is 4.37. The number of nitrogens with one attached hydrogen (secondary N) is 2. The summed E-state index contributed by atoms with van der Waals surface area (Å²) in [6.45, 7) is 8.74. The van der Waals surface area contributed by atoms with Crippen LogP contribution in [0.3, 0.4) is 0 Å². The number of halogens is 1. The first-order valence-electron chi connectivity index (χ1n) is 10.8. The molecule has 3 aliphatic rings. The van der Waals surface area contributed by atoms with Gasteiger partial charge in [-0.25, -0.2) is 0 Å². The molecule has 0 amide bonds. The SMILES string of the molecule is CCNC(=NCCCOC1CCOCC1)NC1CCN(C2CCCC2)C1.I. The normalized spacial score (nSPS) is 25.5. The molecule has 1 atom stereocenters. The van der Waals surface area contributed by atoms with E-state index in [1.54, 1.807) is 0 Å². The monoisotopic (exact) mass is 494 g/mol. The van der Waals surface area contributed by atoms with Crippen LogP contribution in [0.25, 0.3) is 0 Å². The number of hydrogen-bond donors (Lipinski definition) is 2. The second-order valence-corrected chi connectivity index (χ2v) is 7.86. The topological polar surface area (TPSA) is 58.1 Å². The van der Waals surface area contributed by atoms with Gasteiger partial charge >= 0.3 is 0 Å². The van der Waals surface area contributed by atoms with Crippen LogP contribution in [0.4, 0.5) is 0 Å². The fourth-order valence-corrected chi connectivity index (χ4v) is 4.37. The third-order valence-corrected chi connectivity index (χ3v) is 5.84. The molecule has 0 aromatic carbocycles. The van der Waals surface area contributed by atoms with Gasteiger partial charge < -0.3 is 20.1 Å². The molecule has 0 spiro atoms. The van der Waals surface area contributed by atoms with Crippen LogP contribution in [-0.4, -0.2) is 75.0 Å². The molecule has 158 valence electrons. The Morgan fingerprint density at radius 3 is 2.67 bits per heavy atom. The van der Waals surface area contributed by atoms with E-state index in [0.29, 0.717) is 12.1 Å². The maximum absolute atomic E-state index is 5.93. The first kappa shape index (κ1) is 23.2. The largest absolute Gasteiger partial charge is 0.381 e. The predicted molar refractivity (Wildman–Crippen MR) is 121 cm³/mol. The minimum absolute atomic E-state index is 0. The average Bonchev–Trinajstić information content (AvgIpc) is 3.34. The van der Waals surface area contributed by atoms with E-state index in [1.807, 2.05) is 0 Å². The van der Waals surface area contributed by atoms with Crippen LogP contribution in [0.15, 0.2) is 4.99 Å². The van der Waals surface area contributed by atoms with E-state index in [2.05, 4.69) is 22.5 Å². The van der Waals surface area contributed by atoms with Gasteiger partial charge in [0.05, 0.1) is 6.10 Å². The van der Waals surface area contributed by atoms with Gasteiger partial charge in [0, 0.05) is 58.1 Å². The van der Waals surface area contributed by atoms with E-state index in [0.717, 1.165) is 64.2 Å². The maximum atomic E-state index is 5.93. The van der Waals surface area contributed by atoms with Gasteiger partial charge in [0.15, 0.2) is 5.96 Å². The molecular weight excluding hydrogens is 455 g/mol. The molecule has 1 saturated carbocycles. The molecule has 7 heteroatoms. The smallest absolute Gasteiger partial charge is 0.191 e. The molecule has 0 aromatic rings. The average molecular weight is 494 g/mol. The van der Waals surface area contributed by atoms with Crippen molar-refractivity contribution in [3.8, 4) is 0 Å². The van der Waals surface area contributed by atoms with Gasteiger partial charge in [-0.1, -0.05) is 12.8 Å². The van der Waals surface area contributed by atoms with Crippen LogP contribution < -0.4 is 10.6 Å². The number of likely N-dealkylation sites (tertiary alicyclic amines) is 1. The Bertz CT molecular complexity index is 426. The summed E-state index contributed by atoms with van der Waals surface area (Å²) in [6, 6.07) is 1.37. The zero-order valence-corrected chi connectivity index (χ0v) is 19.3. The first-order valence-corrected chi connectivity index (χ1v) is 10.8. The number of rotatable bonds is 8. The van der Waals surface area contributed by atoms with Crippen LogP contribution in [0.1, 0.15) is 58.3 Å². The molecule has 2 N–H and O–H groups in total. The van der Waals surface area contributed by atoms with Crippen molar-refractivity contribution in [2.45, 2.75) is 76.5 Å². The molecule has 0 radical (unpaired) electrons. The van der Waals surface area contributed by atoms with E-state index in [4.69, 9.17) is 14.5 Å². The van der Waals surface area contributed by atoms with Crippen molar-refractivity contribution in [2.24, 2.45) is 4.99 Å². The lowest BCUT2D eigenvalue weighted by molar-refractivity contribution is -0.0318. The molecular formula is C20H39IN4O2. The zero-order chi connectivity index (χ0) is 18.0. The summed E-state index contributed by atoms with van der Waals surface area (Å²) in [5.74, 6) is 0.969. The van der Waals surface area contributed by atoms with Gasteiger partial charge in [-0.3, -0.25) is 9.89 Å². The van der Waals surface area contributed by atoms with Crippen molar-refractivity contribution in [2.75, 3.05) is 46.0 Å². The number of ether oxygens (including phenoxy) is 2. The highest BCUT2D eigenvalue weighted by atomic mass is 127. The van der Waals surface area contributed by atoms with Crippen LogP contribution in [0, 0.1) is 0 Å². The van der Waals surface area contributed by atoms with E-state index < -0.39 is 0 Å². The Labute approximate surface area is 182 Å². The quantitative estimate of drug-likeness (QED) is 0.235. The molecule has 6 nitrogen and oxygen atoms in total. The van der Waals surface area contributed by atoms with Crippen molar-refractivity contribution < 1.29 is 9.47 Å². The van der Waals surface area contributed by atoms with Gasteiger partial charge in [-0.05, 0) is 45.4 Å². The van der Waals surface area contributed by atoms with Crippen molar-refractivity contribution in [1.82, 2.24) is 15.5 Å². The molecule has 1 unspecified atom stereocenters. The van der Waals surface area contributed by atoms with Gasteiger partial charge in [-0.15, -0.1) is 24.0 Å².